The van der Waals surface area contributed by atoms with Crippen LogP contribution in [0.5, 0.6) is 0 Å². The van der Waals surface area contributed by atoms with Gasteiger partial charge in [0.25, 0.3) is 5.91 Å². The lowest BCUT2D eigenvalue weighted by atomic mass is 9.86. The normalized spacial score (nSPS) is 14.3. The molecule has 0 saturated carbocycles. The largest absolute Gasteiger partial charge is 0.478 e. The zero-order chi connectivity index (χ0) is 20.9. The second-order valence-corrected chi connectivity index (χ2v) is 7.13. The third kappa shape index (κ3) is 4.87. The molecule has 0 heterocycles. The zero-order valence-corrected chi connectivity index (χ0v) is 17.1. The van der Waals surface area contributed by atoms with Gasteiger partial charge in [-0.15, -0.1) is 0 Å². The van der Waals surface area contributed by atoms with E-state index in [0.717, 1.165) is 18.9 Å². The highest BCUT2D eigenvalue weighted by Crippen LogP contribution is 2.31. The van der Waals surface area contributed by atoms with Gasteiger partial charge in [-0.05, 0) is 56.7 Å². The highest BCUT2D eigenvalue weighted by molar-refractivity contribution is 6.04. The maximum absolute atomic E-state index is 13.5. The number of hydrogen-bond acceptors (Lipinski definition) is 3. The lowest BCUT2D eigenvalue weighted by molar-refractivity contribution is 0.0596. The molecule has 1 aromatic rings. The molecular weight excluding hydrogens is 346 g/mol. The number of aromatic carboxylic acids is 2. The van der Waals surface area contributed by atoms with E-state index in [1.807, 2.05) is 41.5 Å². The van der Waals surface area contributed by atoms with Crippen LogP contribution in [0.15, 0.2) is 12.1 Å². The minimum atomic E-state index is -1.25. The number of amides is 1. The van der Waals surface area contributed by atoms with Crippen molar-refractivity contribution in [1.29, 1.82) is 0 Å². The zero-order valence-electron chi connectivity index (χ0n) is 17.1. The average molecular weight is 377 g/mol. The first kappa shape index (κ1) is 22.7. The lowest BCUT2D eigenvalue weighted by Crippen LogP contribution is -2.44. The first-order valence-electron chi connectivity index (χ1n) is 9.57. The van der Waals surface area contributed by atoms with Crippen LogP contribution in [0.2, 0.25) is 0 Å². The summed E-state index contributed by atoms with van der Waals surface area (Å²) in [5.74, 6) is -2.96. The van der Waals surface area contributed by atoms with E-state index in [0.29, 0.717) is 12.0 Å². The van der Waals surface area contributed by atoms with E-state index < -0.39 is 11.9 Å². The summed E-state index contributed by atoms with van der Waals surface area (Å²) in [5.41, 5.74) is 0.302. The summed E-state index contributed by atoms with van der Waals surface area (Å²) in [6.45, 7) is 11.6. The molecule has 0 aliphatic carbocycles. The molecule has 1 amide bonds. The number of carbonyl (C=O) groups is 3. The molecule has 1 aromatic carbocycles. The van der Waals surface area contributed by atoms with Gasteiger partial charge in [-0.25, -0.2) is 9.59 Å². The Labute approximate surface area is 161 Å². The Morgan fingerprint density at radius 2 is 1.33 bits per heavy atom. The Balaban J connectivity index is 3.78. The predicted octanol–water partition coefficient (Wildman–Crippen LogP) is 4.64. The van der Waals surface area contributed by atoms with E-state index in [-0.39, 0.29) is 40.6 Å². The Morgan fingerprint density at radius 1 is 0.852 bits per heavy atom. The van der Waals surface area contributed by atoms with Crippen LogP contribution in [-0.2, 0) is 0 Å². The summed E-state index contributed by atoms with van der Waals surface area (Å²) in [7, 11) is 0. The summed E-state index contributed by atoms with van der Waals surface area (Å²) in [4.78, 5) is 38.6. The molecule has 1 rings (SSSR count). The lowest BCUT2D eigenvalue weighted by Gasteiger charge is -2.35. The van der Waals surface area contributed by atoms with E-state index in [9.17, 15) is 24.6 Å². The molecule has 0 bridgehead atoms. The van der Waals surface area contributed by atoms with Crippen molar-refractivity contribution in [2.45, 2.75) is 78.8 Å². The van der Waals surface area contributed by atoms with Crippen molar-refractivity contribution in [2.75, 3.05) is 0 Å². The minimum absolute atomic E-state index is 0.0426. The van der Waals surface area contributed by atoms with Crippen molar-refractivity contribution >= 4 is 17.8 Å². The standard InChI is InChI=1S/C21H31NO5/c1-7-12(4)18-16(10-15(20(24)25)11-17(18)21(26)27)19(23)22(13(5)8-2)14(6)9-3/h10-14H,7-9H2,1-6H3,(H,24,25)(H,26,27). The minimum Gasteiger partial charge on any atom is -0.478 e. The average Bonchev–Trinajstić information content (AvgIpc) is 2.65. The Bertz CT molecular complexity index is 703. The molecule has 2 N–H and O–H groups in total. The molecular formula is C21H31NO5. The topological polar surface area (TPSA) is 94.9 Å². The molecule has 27 heavy (non-hydrogen) atoms. The first-order valence-corrected chi connectivity index (χ1v) is 9.57. The molecule has 3 atom stereocenters. The van der Waals surface area contributed by atoms with Crippen LogP contribution >= 0.6 is 0 Å². The van der Waals surface area contributed by atoms with E-state index >= 15 is 0 Å². The van der Waals surface area contributed by atoms with Crippen molar-refractivity contribution in [3.05, 3.63) is 34.4 Å². The molecule has 0 aliphatic rings. The molecule has 0 fully saturated rings. The number of rotatable bonds is 9. The Kier molecular flexibility index (Phi) is 8.00. The van der Waals surface area contributed by atoms with Crippen LogP contribution in [0.1, 0.15) is 103 Å². The summed E-state index contributed by atoms with van der Waals surface area (Å²) < 4.78 is 0. The highest BCUT2D eigenvalue weighted by Gasteiger charge is 2.31. The van der Waals surface area contributed by atoms with Crippen LogP contribution in [0, 0.1) is 0 Å². The van der Waals surface area contributed by atoms with E-state index in [2.05, 4.69) is 0 Å². The summed E-state index contributed by atoms with van der Waals surface area (Å²) in [6.07, 6.45) is 2.14. The molecule has 6 heteroatoms. The number of carbonyl (C=O) groups excluding carboxylic acids is 1. The fourth-order valence-electron chi connectivity index (χ4n) is 3.23. The first-order chi connectivity index (χ1) is 12.6. The van der Waals surface area contributed by atoms with Gasteiger partial charge in [-0.2, -0.15) is 0 Å². The molecule has 150 valence electrons. The fourth-order valence-corrected chi connectivity index (χ4v) is 3.23. The molecule has 0 saturated heterocycles. The maximum atomic E-state index is 13.5. The van der Waals surface area contributed by atoms with E-state index in [1.165, 1.54) is 6.07 Å². The summed E-state index contributed by atoms with van der Waals surface area (Å²) >= 11 is 0. The van der Waals surface area contributed by atoms with Gasteiger partial charge in [0.2, 0.25) is 0 Å². The van der Waals surface area contributed by atoms with Gasteiger partial charge in [-0.3, -0.25) is 4.79 Å². The SMILES string of the molecule is CCC(C)c1c(C(=O)O)cc(C(=O)O)cc1C(=O)N(C(C)CC)C(C)CC. The molecule has 6 nitrogen and oxygen atoms in total. The number of carboxylic acid groups (broad SMARTS) is 2. The number of carboxylic acids is 2. The number of nitrogens with zero attached hydrogens (tertiary/aromatic N) is 1. The third-order valence-electron chi connectivity index (χ3n) is 5.36. The van der Waals surface area contributed by atoms with Crippen molar-refractivity contribution in [2.24, 2.45) is 0 Å². The van der Waals surface area contributed by atoms with Crippen LogP contribution in [0.3, 0.4) is 0 Å². The van der Waals surface area contributed by atoms with Crippen LogP contribution in [0.25, 0.3) is 0 Å². The third-order valence-corrected chi connectivity index (χ3v) is 5.36. The van der Waals surface area contributed by atoms with Gasteiger partial charge >= 0.3 is 11.9 Å². The number of benzene rings is 1. The van der Waals surface area contributed by atoms with Crippen LogP contribution in [-0.4, -0.2) is 45.0 Å². The molecule has 0 aromatic heterocycles. The van der Waals surface area contributed by atoms with Crippen molar-refractivity contribution in [3.63, 3.8) is 0 Å². The van der Waals surface area contributed by atoms with Crippen molar-refractivity contribution < 1.29 is 24.6 Å². The van der Waals surface area contributed by atoms with Crippen LogP contribution in [0.4, 0.5) is 0 Å². The second kappa shape index (κ2) is 9.53. The highest BCUT2D eigenvalue weighted by atomic mass is 16.4. The van der Waals surface area contributed by atoms with Crippen molar-refractivity contribution in [3.8, 4) is 0 Å². The molecule has 0 aliphatic heterocycles. The van der Waals surface area contributed by atoms with Gasteiger partial charge in [0.1, 0.15) is 0 Å². The second-order valence-electron chi connectivity index (χ2n) is 7.13. The Morgan fingerprint density at radius 3 is 1.70 bits per heavy atom. The van der Waals surface area contributed by atoms with Crippen LogP contribution < -0.4 is 0 Å². The Hall–Kier alpha value is -2.37. The quantitative estimate of drug-likeness (QED) is 0.654. The smallest absolute Gasteiger partial charge is 0.336 e. The number of hydrogen-bond donors (Lipinski definition) is 2. The van der Waals surface area contributed by atoms with E-state index in [1.54, 1.807) is 4.90 Å². The van der Waals surface area contributed by atoms with Gasteiger partial charge < -0.3 is 15.1 Å². The van der Waals surface area contributed by atoms with E-state index in [4.69, 9.17) is 0 Å². The molecule has 3 unspecified atom stereocenters. The molecule has 0 radical (unpaired) electrons. The van der Waals surface area contributed by atoms with Gasteiger partial charge in [0.15, 0.2) is 0 Å². The molecule has 0 spiro atoms. The predicted molar refractivity (Wildman–Crippen MR) is 105 cm³/mol. The maximum Gasteiger partial charge on any atom is 0.336 e. The van der Waals surface area contributed by atoms with Gasteiger partial charge in [0, 0.05) is 17.6 Å². The summed E-state index contributed by atoms with van der Waals surface area (Å²) in [6, 6.07) is 2.40. The summed E-state index contributed by atoms with van der Waals surface area (Å²) in [5, 5.41) is 19.1. The monoisotopic (exact) mass is 377 g/mol. The van der Waals surface area contributed by atoms with Crippen molar-refractivity contribution in [1.82, 2.24) is 4.90 Å². The fraction of sp³-hybridized carbons (Fsp3) is 0.571. The van der Waals surface area contributed by atoms with Gasteiger partial charge in [-0.1, -0.05) is 27.7 Å². The van der Waals surface area contributed by atoms with Gasteiger partial charge in [0.05, 0.1) is 11.1 Å².